The molecule has 3 nitrogen and oxygen atoms in total. The highest BCUT2D eigenvalue weighted by Crippen LogP contribution is 2.11. The molecular weight excluding hydrogens is 178 g/mol. The van der Waals surface area contributed by atoms with Crippen molar-refractivity contribution < 1.29 is 9.53 Å². The summed E-state index contributed by atoms with van der Waals surface area (Å²) in [7, 11) is 1.65. The molecule has 14 heavy (non-hydrogen) atoms. The monoisotopic (exact) mass is 193 g/mol. The Balaban J connectivity index is 2.68. The Morgan fingerprint density at radius 1 is 1.50 bits per heavy atom. The third-order valence-corrected chi connectivity index (χ3v) is 1.84. The van der Waals surface area contributed by atoms with Crippen LogP contribution >= 0.6 is 0 Å². The zero-order valence-electron chi connectivity index (χ0n) is 8.54. The summed E-state index contributed by atoms with van der Waals surface area (Å²) in [5.74, 6) is 0.0274. The summed E-state index contributed by atoms with van der Waals surface area (Å²) in [6.07, 6.45) is 0.495. The Hall–Kier alpha value is -1.35. The van der Waals surface area contributed by atoms with Gasteiger partial charge in [0.25, 0.3) is 0 Å². The molecule has 0 saturated carbocycles. The molecular formula is C11H15NO2. The molecule has 0 aliphatic rings. The van der Waals surface area contributed by atoms with Gasteiger partial charge in [0.15, 0.2) is 0 Å². The van der Waals surface area contributed by atoms with Gasteiger partial charge in [0, 0.05) is 19.2 Å². The molecule has 1 amide bonds. The van der Waals surface area contributed by atoms with Gasteiger partial charge in [0.05, 0.1) is 6.61 Å². The van der Waals surface area contributed by atoms with E-state index < -0.39 is 0 Å². The Bertz CT molecular complexity index is 310. The van der Waals surface area contributed by atoms with Gasteiger partial charge in [0.2, 0.25) is 5.91 Å². The minimum atomic E-state index is 0.0274. The molecule has 1 rings (SSSR count). The van der Waals surface area contributed by atoms with Crippen molar-refractivity contribution in [2.45, 2.75) is 20.0 Å². The summed E-state index contributed by atoms with van der Waals surface area (Å²) in [6.45, 7) is 2.39. The Morgan fingerprint density at radius 2 is 2.29 bits per heavy atom. The van der Waals surface area contributed by atoms with Gasteiger partial charge < -0.3 is 10.1 Å². The highest BCUT2D eigenvalue weighted by Gasteiger charge is 1.99. The highest BCUT2D eigenvalue weighted by atomic mass is 16.5. The van der Waals surface area contributed by atoms with Crippen LogP contribution in [0.1, 0.15) is 18.9 Å². The van der Waals surface area contributed by atoms with Crippen molar-refractivity contribution in [3.05, 3.63) is 29.8 Å². The van der Waals surface area contributed by atoms with E-state index in [0.717, 1.165) is 11.3 Å². The van der Waals surface area contributed by atoms with E-state index >= 15 is 0 Å². The molecule has 1 aromatic carbocycles. The van der Waals surface area contributed by atoms with Crippen molar-refractivity contribution in [2.75, 3.05) is 12.4 Å². The van der Waals surface area contributed by atoms with Crippen molar-refractivity contribution in [2.24, 2.45) is 0 Å². The number of ether oxygens (including phenoxy) is 1. The SMILES string of the molecule is CCC(=O)Nc1cccc(COC)c1. The molecule has 0 heterocycles. The first-order valence-corrected chi connectivity index (χ1v) is 4.64. The van der Waals surface area contributed by atoms with Crippen LogP contribution in [0.15, 0.2) is 24.3 Å². The number of rotatable bonds is 4. The fraction of sp³-hybridized carbons (Fsp3) is 0.364. The number of nitrogens with one attached hydrogen (secondary N) is 1. The molecule has 0 unspecified atom stereocenters. The molecule has 0 fully saturated rings. The van der Waals surface area contributed by atoms with E-state index in [1.54, 1.807) is 7.11 Å². The standard InChI is InChI=1S/C11H15NO2/c1-3-11(13)12-10-6-4-5-9(7-10)8-14-2/h4-7H,3,8H2,1-2H3,(H,12,13). The molecule has 0 spiro atoms. The largest absolute Gasteiger partial charge is 0.380 e. The van der Waals surface area contributed by atoms with Crippen LogP contribution in [0, 0.1) is 0 Å². The Labute approximate surface area is 84.1 Å². The van der Waals surface area contributed by atoms with Crippen molar-refractivity contribution in [3.8, 4) is 0 Å². The second-order valence-corrected chi connectivity index (χ2v) is 3.04. The van der Waals surface area contributed by atoms with Gasteiger partial charge in [0.1, 0.15) is 0 Å². The van der Waals surface area contributed by atoms with Gasteiger partial charge in [-0.2, -0.15) is 0 Å². The molecule has 1 aromatic rings. The van der Waals surface area contributed by atoms with Crippen LogP contribution in [0.3, 0.4) is 0 Å². The number of benzene rings is 1. The third-order valence-electron chi connectivity index (χ3n) is 1.84. The molecule has 0 saturated heterocycles. The van der Waals surface area contributed by atoms with Crippen molar-refractivity contribution >= 4 is 11.6 Å². The third kappa shape index (κ3) is 3.18. The number of carbonyl (C=O) groups excluding carboxylic acids is 1. The van der Waals surface area contributed by atoms with Gasteiger partial charge in [-0.25, -0.2) is 0 Å². The van der Waals surface area contributed by atoms with Crippen molar-refractivity contribution in [1.29, 1.82) is 0 Å². The van der Waals surface area contributed by atoms with Crippen LogP contribution < -0.4 is 5.32 Å². The maximum atomic E-state index is 11.1. The Kier molecular flexibility index (Phi) is 4.13. The van der Waals surface area contributed by atoms with Crippen molar-refractivity contribution in [3.63, 3.8) is 0 Å². The zero-order valence-corrected chi connectivity index (χ0v) is 8.54. The molecule has 3 heteroatoms. The minimum Gasteiger partial charge on any atom is -0.380 e. The van der Waals surface area contributed by atoms with Gasteiger partial charge in [-0.05, 0) is 17.7 Å². The number of carbonyl (C=O) groups is 1. The quantitative estimate of drug-likeness (QED) is 0.796. The second-order valence-electron chi connectivity index (χ2n) is 3.04. The summed E-state index contributed by atoms with van der Waals surface area (Å²) in [5.41, 5.74) is 1.88. The number of amides is 1. The van der Waals surface area contributed by atoms with Gasteiger partial charge in [-0.15, -0.1) is 0 Å². The summed E-state index contributed by atoms with van der Waals surface area (Å²) in [5, 5.41) is 2.80. The Morgan fingerprint density at radius 3 is 2.93 bits per heavy atom. The zero-order chi connectivity index (χ0) is 10.4. The van der Waals surface area contributed by atoms with Crippen molar-refractivity contribution in [1.82, 2.24) is 0 Å². The first-order valence-electron chi connectivity index (χ1n) is 4.64. The molecule has 0 aliphatic heterocycles. The molecule has 0 aliphatic carbocycles. The predicted octanol–water partition coefficient (Wildman–Crippen LogP) is 2.18. The lowest BCUT2D eigenvalue weighted by Gasteiger charge is -2.05. The van der Waals surface area contributed by atoms with E-state index in [-0.39, 0.29) is 5.91 Å². The van der Waals surface area contributed by atoms with E-state index in [0.29, 0.717) is 13.0 Å². The van der Waals surface area contributed by atoms with E-state index in [9.17, 15) is 4.79 Å². The lowest BCUT2D eigenvalue weighted by Crippen LogP contribution is -2.09. The fourth-order valence-electron chi connectivity index (χ4n) is 1.15. The number of hydrogen-bond acceptors (Lipinski definition) is 2. The summed E-state index contributed by atoms with van der Waals surface area (Å²) in [6, 6.07) is 7.65. The van der Waals surface area contributed by atoms with E-state index in [4.69, 9.17) is 4.74 Å². The molecule has 0 bridgehead atoms. The van der Waals surface area contributed by atoms with Crippen LogP contribution in [-0.4, -0.2) is 13.0 Å². The summed E-state index contributed by atoms with van der Waals surface area (Å²) in [4.78, 5) is 11.1. The van der Waals surface area contributed by atoms with Crippen LogP contribution in [0.25, 0.3) is 0 Å². The van der Waals surface area contributed by atoms with Crippen LogP contribution in [0.2, 0.25) is 0 Å². The lowest BCUT2D eigenvalue weighted by atomic mass is 10.2. The smallest absolute Gasteiger partial charge is 0.224 e. The summed E-state index contributed by atoms with van der Waals surface area (Å²) < 4.78 is 5.00. The number of anilines is 1. The first kappa shape index (κ1) is 10.7. The molecule has 0 atom stereocenters. The highest BCUT2D eigenvalue weighted by molar-refractivity contribution is 5.90. The van der Waals surface area contributed by atoms with E-state index in [1.807, 2.05) is 31.2 Å². The minimum absolute atomic E-state index is 0.0274. The predicted molar refractivity (Wildman–Crippen MR) is 56.1 cm³/mol. The maximum absolute atomic E-state index is 11.1. The molecule has 0 radical (unpaired) electrons. The average Bonchev–Trinajstić information content (AvgIpc) is 2.19. The topological polar surface area (TPSA) is 38.3 Å². The second kappa shape index (κ2) is 5.40. The van der Waals surface area contributed by atoms with E-state index in [2.05, 4.69) is 5.32 Å². The van der Waals surface area contributed by atoms with Gasteiger partial charge >= 0.3 is 0 Å². The fourth-order valence-corrected chi connectivity index (χ4v) is 1.15. The van der Waals surface area contributed by atoms with Crippen LogP contribution in [0.4, 0.5) is 5.69 Å². The molecule has 0 aromatic heterocycles. The normalized spacial score (nSPS) is 9.86. The van der Waals surface area contributed by atoms with Gasteiger partial charge in [-0.3, -0.25) is 4.79 Å². The average molecular weight is 193 g/mol. The first-order chi connectivity index (χ1) is 6.76. The van der Waals surface area contributed by atoms with E-state index in [1.165, 1.54) is 0 Å². The molecule has 1 N–H and O–H groups in total. The number of hydrogen-bond donors (Lipinski definition) is 1. The van der Waals surface area contributed by atoms with Crippen LogP contribution in [0.5, 0.6) is 0 Å². The molecule has 76 valence electrons. The van der Waals surface area contributed by atoms with Crippen LogP contribution in [-0.2, 0) is 16.1 Å². The number of methoxy groups -OCH3 is 1. The maximum Gasteiger partial charge on any atom is 0.224 e. The lowest BCUT2D eigenvalue weighted by molar-refractivity contribution is -0.115. The van der Waals surface area contributed by atoms with Gasteiger partial charge in [-0.1, -0.05) is 19.1 Å². The summed E-state index contributed by atoms with van der Waals surface area (Å²) >= 11 is 0.